The second-order valence-corrected chi connectivity index (χ2v) is 8.34. The van der Waals surface area contributed by atoms with Gasteiger partial charge in [-0.25, -0.2) is 0 Å². The van der Waals surface area contributed by atoms with Crippen molar-refractivity contribution >= 4 is 28.4 Å². The molecule has 0 spiro atoms. The van der Waals surface area contributed by atoms with E-state index in [1.54, 1.807) is 12.0 Å². The Hall–Kier alpha value is -4.11. The van der Waals surface area contributed by atoms with Crippen LogP contribution in [0.4, 0.5) is 11.4 Å². The predicted octanol–water partition coefficient (Wildman–Crippen LogP) is 6.95. The Kier molecular flexibility index (Phi) is 5.31. The molecule has 1 aliphatic rings. The topological polar surface area (TPSA) is 29.5 Å². The van der Waals surface area contributed by atoms with E-state index < -0.39 is 0 Å². The van der Waals surface area contributed by atoms with E-state index in [2.05, 4.69) is 43.3 Å². The number of methoxy groups -OCH3 is 1. The first-order valence-corrected chi connectivity index (χ1v) is 11.0. The van der Waals surface area contributed by atoms with Crippen LogP contribution in [0.1, 0.15) is 27.8 Å². The van der Waals surface area contributed by atoms with E-state index in [1.165, 1.54) is 5.56 Å². The maximum atomic E-state index is 14.1. The summed E-state index contributed by atoms with van der Waals surface area (Å²) < 4.78 is 5.53. The molecule has 1 heterocycles. The van der Waals surface area contributed by atoms with Crippen molar-refractivity contribution in [2.75, 3.05) is 12.0 Å². The normalized spacial score (nSPS) is 14.3. The van der Waals surface area contributed by atoms with Gasteiger partial charge in [0, 0.05) is 16.8 Å². The SMILES string of the molecule is COc1ccc2c(c1)/C(=C(/c1ccccc1)c1ccc(C)cc1)C(=O)N2c1ccc(C)cc1. The number of carbonyl (C=O) groups excluding carboxylic acids is 1. The van der Waals surface area contributed by atoms with Crippen molar-refractivity contribution in [1.82, 2.24) is 0 Å². The summed E-state index contributed by atoms with van der Waals surface area (Å²) in [5, 5.41) is 0. The van der Waals surface area contributed by atoms with Crippen LogP contribution >= 0.6 is 0 Å². The standard InChI is InChI=1S/C30H25NO2/c1-20-9-13-23(14-10-20)28(22-7-5-4-6-8-22)29-26-19-25(33-3)17-18-27(26)31(30(29)32)24-15-11-21(2)12-16-24/h4-19H,1-3H3/b29-28+. The minimum absolute atomic E-state index is 0.0402. The first-order chi connectivity index (χ1) is 16.1. The molecule has 3 nitrogen and oxygen atoms in total. The zero-order valence-corrected chi connectivity index (χ0v) is 19.0. The molecule has 4 aromatic rings. The molecule has 0 aliphatic carbocycles. The lowest BCUT2D eigenvalue weighted by atomic mass is 9.89. The summed E-state index contributed by atoms with van der Waals surface area (Å²) in [5.74, 6) is 0.683. The lowest BCUT2D eigenvalue weighted by Gasteiger charge is -2.18. The first-order valence-electron chi connectivity index (χ1n) is 11.0. The highest BCUT2D eigenvalue weighted by Gasteiger charge is 2.36. The van der Waals surface area contributed by atoms with Gasteiger partial charge in [-0.1, -0.05) is 77.9 Å². The van der Waals surface area contributed by atoms with Gasteiger partial charge in [0.25, 0.3) is 5.91 Å². The molecule has 0 bridgehead atoms. The summed E-state index contributed by atoms with van der Waals surface area (Å²) in [7, 11) is 1.65. The van der Waals surface area contributed by atoms with Gasteiger partial charge < -0.3 is 4.74 Å². The fourth-order valence-corrected chi connectivity index (χ4v) is 4.35. The van der Waals surface area contributed by atoms with Gasteiger partial charge in [-0.15, -0.1) is 0 Å². The predicted molar refractivity (Wildman–Crippen MR) is 135 cm³/mol. The van der Waals surface area contributed by atoms with Crippen LogP contribution in [-0.4, -0.2) is 13.0 Å². The van der Waals surface area contributed by atoms with E-state index >= 15 is 0 Å². The van der Waals surface area contributed by atoms with Crippen molar-refractivity contribution in [2.45, 2.75) is 13.8 Å². The van der Waals surface area contributed by atoms with Crippen LogP contribution in [0.25, 0.3) is 11.1 Å². The van der Waals surface area contributed by atoms with Crippen LogP contribution in [-0.2, 0) is 4.79 Å². The third-order valence-corrected chi connectivity index (χ3v) is 6.08. The number of fused-ring (bicyclic) bond motifs is 1. The monoisotopic (exact) mass is 431 g/mol. The molecule has 33 heavy (non-hydrogen) atoms. The molecule has 0 fully saturated rings. The molecule has 0 saturated heterocycles. The quantitative estimate of drug-likeness (QED) is 0.327. The molecular weight excluding hydrogens is 406 g/mol. The molecule has 1 amide bonds. The lowest BCUT2D eigenvalue weighted by molar-refractivity contribution is -0.112. The van der Waals surface area contributed by atoms with E-state index in [9.17, 15) is 4.79 Å². The molecule has 0 aromatic heterocycles. The molecule has 1 aliphatic heterocycles. The van der Waals surface area contributed by atoms with Gasteiger partial charge in [-0.3, -0.25) is 9.69 Å². The summed E-state index contributed by atoms with van der Waals surface area (Å²) in [6.07, 6.45) is 0. The van der Waals surface area contributed by atoms with Gasteiger partial charge in [-0.05, 0) is 55.3 Å². The summed E-state index contributed by atoms with van der Waals surface area (Å²) in [6.45, 7) is 4.11. The van der Waals surface area contributed by atoms with Crippen molar-refractivity contribution < 1.29 is 9.53 Å². The Labute approximate surface area is 194 Å². The van der Waals surface area contributed by atoms with Crippen LogP contribution in [0.2, 0.25) is 0 Å². The number of carbonyl (C=O) groups is 1. The third kappa shape index (κ3) is 3.72. The maximum Gasteiger partial charge on any atom is 0.264 e. The zero-order chi connectivity index (χ0) is 22.9. The number of rotatable bonds is 4. The van der Waals surface area contributed by atoms with E-state index in [4.69, 9.17) is 4.74 Å². The zero-order valence-electron chi connectivity index (χ0n) is 19.0. The molecule has 4 aromatic carbocycles. The van der Waals surface area contributed by atoms with Crippen molar-refractivity contribution in [2.24, 2.45) is 0 Å². The molecule has 0 radical (unpaired) electrons. The number of hydrogen-bond donors (Lipinski definition) is 0. The van der Waals surface area contributed by atoms with Crippen LogP contribution in [0.3, 0.4) is 0 Å². The van der Waals surface area contributed by atoms with Crippen LogP contribution < -0.4 is 9.64 Å². The Morgan fingerprint density at radius 3 is 1.97 bits per heavy atom. The summed E-state index contributed by atoms with van der Waals surface area (Å²) in [4.78, 5) is 15.9. The summed E-state index contributed by atoms with van der Waals surface area (Å²) >= 11 is 0. The Morgan fingerprint density at radius 1 is 0.727 bits per heavy atom. The molecule has 3 heteroatoms. The van der Waals surface area contributed by atoms with Crippen LogP contribution in [0.15, 0.2) is 97.1 Å². The molecule has 0 atom stereocenters. The molecule has 5 rings (SSSR count). The van der Waals surface area contributed by atoms with Gasteiger partial charge in [0.05, 0.1) is 18.4 Å². The van der Waals surface area contributed by atoms with Gasteiger partial charge in [0.2, 0.25) is 0 Å². The molecule has 0 unspecified atom stereocenters. The minimum Gasteiger partial charge on any atom is -0.497 e. The van der Waals surface area contributed by atoms with Crippen LogP contribution in [0.5, 0.6) is 5.75 Å². The molecule has 0 N–H and O–H groups in total. The smallest absolute Gasteiger partial charge is 0.264 e. The Morgan fingerprint density at radius 2 is 1.33 bits per heavy atom. The highest BCUT2D eigenvalue weighted by molar-refractivity contribution is 6.40. The second kappa shape index (κ2) is 8.44. The highest BCUT2D eigenvalue weighted by Crippen LogP contribution is 2.47. The Balaban J connectivity index is 1.83. The summed E-state index contributed by atoms with van der Waals surface area (Å²) in [5.41, 5.74) is 8.53. The van der Waals surface area contributed by atoms with Crippen LogP contribution in [0, 0.1) is 13.8 Å². The number of benzene rings is 4. The van der Waals surface area contributed by atoms with Gasteiger partial charge in [0.1, 0.15) is 5.75 Å². The van der Waals surface area contributed by atoms with E-state index in [1.807, 2.05) is 67.6 Å². The number of anilines is 2. The van der Waals surface area contributed by atoms with Gasteiger partial charge in [-0.2, -0.15) is 0 Å². The van der Waals surface area contributed by atoms with E-state index in [0.29, 0.717) is 5.57 Å². The fraction of sp³-hybridized carbons (Fsp3) is 0.100. The van der Waals surface area contributed by atoms with Gasteiger partial charge >= 0.3 is 0 Å². The third-order valence-electron chi connectivity index (χ3n) is 6.08. The number of amides is 1. The average molecular weight is 432 g/mol. The first kappa shape index (κ1) is 20.8. The van der Waals surface area contributed by atoms with E-state index in [0.717, 1.165) is 45.0 Å². The second-order valence-electron chi connectivity index (χ2n) is 8.34. The fourth-order valence-electron chi connectivity index (χ4n) is 4.35. The average Bonchev–Trinajstić information content (AvgIpc) is 3.13. The number of nitrogens with zero attached hydrogens (tertiary/aromatic N) is 1. The molecular formula is C30H25NO2. The molecule has 162 valence electrons. The number of aryl methyl sites for hydroxylation is 2. The highest BCUT2D eigenvalue weighted by atomic mass is 16.5. The minimum atomic E-state index is -0.0402. The Bertz CT molecular complexity index is 1350. The number of hydrogen-bond acceptors (Lipinski definition) is 2. The van der Waals surface area contributed by atoms with Crippen molar-refractivity contribution in [1.29, 1.82) is 0 Å². The van der Waals surface area contributed by atoms with Crippen molar-refractivity contribution in [3.63, 3.8) is 0 Å². The number of ether oxygens (including phenoxy) is 1. The molecule has 0 saturated carbocycles. The summed E-state index contributed by atoms with van der Waals surface area (Å²) in [6, 6.07) is 32.4. The van der Waals surface area contributed by atoms with E-state index in [-0.39, 0.29) is 5.91 Å². The van der Waals surface area contributed by atoms with Crippen molar-refractivity contribution in [3.8, 4) is 5.75 Å². The maximum absolute atomic E-state index is 14.1. The lowest BCUT2D eigenvalue weighted by Crippen LogP contribution is -2.21. The van der Waals surface area contributed by atoms with Crippen molar-refractivity contribution in [3.05, 3.63) is 125 Å². The van der Waals surface area contributed by atoms with Gasteiger partial charge in [0.15, 0.2) is 0 Å². The largest absolute Gasteiger partial charge is 0.497 e.